The molecule has 0 aliphatic carbocycles. The lowest BCUT2D eigenvalue weighted by molar-refractivity contribution is -0.123. The van der Waals surface area contributed by atoms with Gasteiger partial charge in [0, 0.05) is 28.0 Å². The van der Waals surface area contributed by atoms with Crippen molar-refractivity contribution in [3.63, 3.8) is 0 Å². The van der Waals surface area contributed by atoms with Crippen LogP contribution in [0.4, 0.5) is 0 Å². The number of benzene rings is 2. The number of carbonyl (C=O) groups is 1. The highest BCUT2D eigenvalue weighted by molar-refractivity contribution is 6.30. The number of aliphatic hydroxyl groups is 2. The first kappa shape index (κ1) is 25.9. The predicted molar refractivity (Wildman–Crippen MR) is 132 cm³/mol. The van der Waals surface area contributed by atoms with Crippen molar-refractivity contribution in [2.75, 3.05) is 13.2 Å². The maximum Gasteiger partial charge on any atom is 0.237 e. The third kappa shape index (κ3) is 4.92. The van der Waals surface area contributed by atoms with Gasteiger partial charge in [0.15, 0.2) is 0 Å². The second-order valence-electron chi connectivity index (χ2n) is 8.74. The molecular formula is C25H33Cl2N3O3. The standard InChI is InChI=1S/C25H33Cl2N3O3/c1-3-24(4-2)25(28,17-8-10-18(26)11-9-17)21(16-6-5-7-19(27)14-16)22(30-24)23(33)29-13-12-20(32)15-31/h5-11,14,20-22,30-32H,3-4,12-13,15,28H2,1-2H3,(H,29,33). The molecule has 6 N–H and O–H groups in total. The minimum Gasteiger partial charge on any atom is -0.394 e. The first-order valence-electron chi connectivity index (χ1n) is 11.4. The molecule has 4 atom stereocenters. The summed E-state index contributed by atoms with van der Waals surface area (Å²) in [6.07, 6.45) is 0.784. The van der Waals surface area contributed by atoms with Crippen molar-refractivity contribution in [1.82, 2.24) is 10.6 Å². The summed E-state index contributed by atoms with van der Waals surface area (Å²) in [4.78, 5) is 13.4. The van der Waals surface area contributed by atoms with Crippen molar-refractivity contribution in [1.29, 1.82) is 0 Å². The average Bonchev–Trinajstić information content (AvgIpc) is 3.09. The summed E-state index contributed by atoms with van der Waals surface area (Å²) >= 11 is 12.5. The Labute approximate surface area is 205 Å². The van der Waals surface area contributed by atoms with Crippen LogP contribution in [0.1, 0.15) is 50.2 Å². The molecule has 0 spiro atoms. The molecule has 8 heteroatoms. The van der Waals surface area contributed by atoms with Crippen LogP contribution in [0.15, 0.2) is 48.5 Å². The van der Waals surface area contributed by atoms with Crippen LogP contribution in [0.5, 0.6) is 0 Å². The van der Waals surface area contributed by atoms with Crippen molar-refractivity contribution in [3.05, 3.63) is 69.7 Å². The number of nitrogens with two attached hydrogens (primary N) is 1. The number of rotatable bonds is 9. The number of amides is 1. The summed E-state index contributed by atoms with van der Waals surface area (Å²) in [6, 6.07) is 14.3. The van der Waals surface area contributed by atoms with E-state index < -0.39 is 29.1 Å². The third-order valence-corrected chi connectivity index (χ3v) is 7.54. The minimum atomic E-state index is -0.932. The maximum absolute atomic E-state index is 13.4. The van der Waals surface area contributed by atoms with Gasteiger partial charge in [-0.15, -0.1) is 0 Å². The smallest absolute Gasteiger partial charge is 0.237 e. The SMILES string of the molecule is CCC1(CC)NC(C(=O)NCCC(O)CO)C(c2cccc(Cl)c2)C1(N)c1ccc(Cl)cc1. The molecule has 0 radical (unpaired) electrons. The molecule has 1 saturated heterocycles. The van der Waals surface area contributed by atoms with Crippen LogP contribution in [0.25, 0.3) is 0 Å². The van der Waals surface area contributed by atoms with Crippen LogP contribution >= 0.6 is 23.2 Å². The molecule has 2 aromatic rings. The molecule has 180 valence electrons. The van der Waals surface area contributed by atoms with Crippen LogP contribution in [0.2, 0.25) is 10.0 Å². The van der Waals surface area contributed by atoms with Crippen molar-refractivity contribution in [2.45, 2.75) is 62.3 Å². The fraction of sp³-hybridized carbons (Fsp3) is 0.480. The molecule has 1 heterocycles. The zero-order chi connectivity index (χ0) is 24.2. The molecule has 0 bridgehead atoms. The lowest BCUT2D eigenvalue weighted by Crippen LogP contribution is -2.60. The Morgan fingerprint density at radius 3 is 2.39 bits per heavy atom. The summed E-state index contributed by atoms with van der Waals surface area (Å²) in [5.74, 6) is -0.627. The average molecular weight is 494 g/mol. The molecule has 0 aromatic heterocycles. The molecule has 0 saturated carbocycles. The highest BCUT2D eigenvalue weighted by atomic mass is 35.5. The van der Waals surface area contributed by atoms with Gasteiger partial charge >= 0.3 is 0 Å². The van der Waals surface area contributed by atoms with Crippen LogP contribution in [-0.4, -0.2) is 47.0 Å². The maximum atomic E-state index is 13.4. The minimum absolute atomic E-state index is 0.210. The van der Waals surface area contributed by atoms with Gasteiger partial charge in [0.05, 0.1) is 24.3 Å². The van der Waals surface area contributed by atoms with E-state index in [0.717, 1.165) is 11.1 Å². The molecule has 1 amide bonds. The van der Waals surface area contributed by atoms with E-state index in [1.54, 1.807) is 6.07 Å². The Bertz CT molecular complexity index is 952. The van der Waals surface area contributed by atoms with Crippen LogP contribution in [0, 0.1) is 0 Å². The summed E-state index contributed by atoms with van der Waals surface area (Å²) < 4.78 is 0. The van der Waals surface area contributed by atoms with Gasteiger partial charge in [-0.25, -0.2) is 0 Å². The van der Waals surface area contributed by atoms with Gasteiger partial charge in [-0.1, -0.05) is 61.3 Å². The van der Waals surface area contributed by atoms with E-state index in [-0.39, 0.29) is 25.5 Å². The topological polar surface area (TPSA) is 108 Å². The van der Waals surface area contributed by atoms with E-state index in [4.69, 9.17) is 34.0 Å². The molecular weight excluding hydrogens is 461 g/mol. The first-order chi connectivity index (χ1) is 15.7. The van der Waals surface area contributed by atoms with Gasteiger partial charge in [-0.05, 0) is 54.7 Å². The van der Waals surface area contributed by atoms with Gasteiger partial charge in [-0.2, -0.15) is 0 Å². The van der Waals surface area contributed by atoms with E-state index in [1.165, 1.54) is 0 Å². The number of aliphatic hydroxyl groups excluding tert-OH is 2. The van der Waals surface area contributed by atoms with E-state index in [9.17, 15) is 9.90 Å². The van der Waals surface area contributed by atoms with Crippen LogP contribution in [0.3, 0.4) is 0 Å². The number of hydrogen-bond acceptors (Lipinski definition) is 5. The lowest BCUT2D eigenvalue weighted by atomic mass is 9.64. The molecule has 2 aromatic carbocycles. The summed E-state index contributed by atoms with van der Waals surface area (Å²) in [7, 11) is 0. The fourth-order valence-electron chi connectivity index (χ4n) is 5.22. The molecule has 3 rings (SSSR count). The van der Waals surface area contributed by atoms with Crippen molar-refractivity contribution < 1.29 is 15.0 Å². The van der Waals surface area contributed by atoms with Crippen molar-refractivity contribution in [3.8, 4) is 0 Å². The van der Waals surface area contributed by atoms with Gasteiger partial charge in [-0.3, -0.25) is 10.1 Å². The Kier molecular flexibility index (Phi) is 8.43. The van der Waals surface area contributed by atoms with Crippen LogP contribution < -0.4 is 16.4 Å². The Morgan fingerprint density at radius 1 is 1.15 bits per heavy atom. The Balaban J connectivity index is 2.11. The monoisotopic (exact) mass is 493 g/mol. The molecule has 6 nitrogen and oxygen atoms in total. The van der Waals surface area contributed by atoms with E-state index in [2.05, 4.69) is 24.5 Å². The van der Waals surface area contributed by atoms with Crippen molar-refractivity contribution in [2.24, 2.45) is 5.73 Å². The summed E-state index contributed by atoms with van der Waals surface area (Å²) in [5, 5.41) is 26.4. The third-order valence-electron chi connectivity index (χ3n) is 7.05. The molecule has 1 fully saturated rings. The number of hydrogen-bond donors (Lipinski definition) is 5. The molecule has 1 aliphatic heterocycles. The quantitative estimate of drug-likeness (QED) is 0.368. The van der Waals surface area contributed by atoms with E-state index in [0.29, 0.717) is 22.9 Å². The van der Waals surface area contributed by atoms with Gasteiger partial charge in [0.25, 0.3) is 0 Å². The molecule has 1 aliphatic rings. The number of carbonyl (C=O) groups excluding carboxylic acids is 1. The summed E-state index contributed by atoms with van der Waals surface area (Å²) in [5.41, 5.74) is 7.64. The number of nitrogens with one attached hydrogen (secondary N) is 2. The Morgan fingerprint density at radius 2 is 1.82 bits per heavy atom. The highest BCUT2D eigenvalue weighted by Crippen LogP contribution is 2.53. The lowest BCUT2D eigenvalue weighted by Gasteiger charge is -2.46. The first-order valence-corrected chi connectivity index (χ1v) is 12.1. The molecule has 33 heavy (non-hydrogen) atoms. The fourth-order valence-corrected chi connectivity index (χ4v) is 5.54. The zero-order valence-corrected chi connectivity index (χ0v) is 20.5. The van der Waals surface area contributed by atoms with Gasteiger partial charge in [0.1, 0.15) is 0 Å². The van der Waals surface area contributed by atoms with E-state index in [1.807, 2.05) is 42.5 Å². The number of halogens is 2. The zero-order valence-electron chi connectivity index (χ0n) is 19.0. The van der Waals surface area contributed by atoms with Crippen LogP contribution in [-0.2, 0) is 10.3 Å². The highest BCUT2D eigenvalue weighted by Gasteiger charge is 2.63. The van der Waals surface area contributed by atoms with E-state index >= 15 is 0 Å². The molecule has 4 unspecified atom stereocenters. The summed E-state index contributed by atoms with van der Waals surface area (Å²) in [6.45, 7) is 4.03. The van der Waals surface area contributed by atoms with Gasteiger partial charge < -0.3 is 21.3 Å². The second-order valence-corrected chi connectivity index (χ2v) is 9.61. The predicted octanol–water partition coefficient (Wildman–Crippen LogP) is 3.32. The normalized spacial score (nSPS) is 25.1. The van der Waals surface area contributed by atoms with Crippen molar-refractivity contribution >= 4 is 29.1 Å². The van der Waals surface area contributed by atoms with Gasteiger partial charge in [0.2, 0.25) is 5.91 Å². The largest absolute Gasteiger partial charge is 0.394 e. The Hall–Kier alpha value is -1.67. The second kappa shape index (κ2) is 10.7.